The van der Waals surface area contributed by atoms with E-state index in [-0.39, 0.29) is 0 Å². The lowest BCUT2D eigenvalue weighted by atomic mass is 10.4. The van der Waals surface area contributed by atoms with Crippen molar-refractivity contribution >= 4 is 15.9 Å². The Morgan fingerprint density at radius 3 is 2.50 bits per heavy atom. The third-order valence-corrected chi connectivity index (χ3v) is 2.08. The molecule has 68 valence electrons. The second-order valence-electron chi connectivity index (χ2n) is 2.21. The van der Waals surface area contributed by atoms with Crippen LogP contribution in [0.15, 0.2) is 35.1 Å². The van der Waals surface area contributed by atoms with Gasteiger partial charge in [0.2, 0.25) is 0 Å². The summed E-state index contributed by atoms with van der Waals surface area (Å²) in [5, 5.41) is 1.92. The van der Waals surface area contributed by atoms with Crippen molar-refractivity contribution in [1.29, 1.82) is 0 Å². The fourth-order valence-electron chi connectivity index (χ4n) is 0.753. The number of nitrogens with zero attached hydrogens (tertiary/aromatic N) is 1. The summed E-state index contributed by atoms with van der Waals surface area (Å²) in [6.45, 7) is 7.64. The summed E-state index contributed by atoms with van der Waals surface area (Å²) in [6.07, 6.45) is 5.63. The van der Waals surface area contributed by atoms with Crippen molar-refractivity contribution in [1.82, 2.24) is 10.4 Å². The molecular formula is C9H15BrN2. The zero-order valence-electron chi connectivity index (χ0n) is 7.76. The predicted octanol–water partition coefficient (Wildman–Crippen LogP) is 2.77. The number of hydrogen-bond acceptors (Lipinski definition) is 2. The summed E-state index contributed by atoms with van der Waals surface area (Å²) in [4.78, 5) is 0. The van der Waals surface area contributed by atoms with Gasteiger partial charge >= 0.3 is 0 Å². The molecule has 2 nitrogen and oxygen atoms in total. The molecule has 12 heavy (non-hydrogen) atoms. The van der Waals surface area contributed by atoms with Crippen LogP contribution in [0.25, 0.3) is 0 Å². The van der Waals surface area contributed by atoms with E-state index < -0.39 is 0 Å². The maximum absolute atomic E-state index is 3.62. The highest BCUT2D eigenvalue weighted by molar-refractivity contribution is 9.11. The largest absolute Gasteiger partial charge is 0.275 e. The molecular weight excluding hydrogens is 216 g/mol. The van der Waals surface area contributed by atoms with E-state index in [1.165, 1.54) is 0 Å². The zero-order chi connectivity index (χ0) is 9.56. The molecule has 0 unspecified atom stereocenters. The summed E-state index contributed by atoms with van der Waals surface area (Å²) in [7, 11) is 1.87. The van der Waals surface area contributed by atoms with Crippen molar-refractivity contribution in [3.05, 3.63) is 35.1 Å². The molecule has 0 saturated heterocycles. The van der Waals surface area contributed by atoms with Crippen molar-refractivity contribution < 1.29 is 0 Å². The summed E-state index contributed by atoms with van der Waals surface area (Å²) >= 11 is 3.42. The first-order chi connectivity index (χ1) is 5.67. The SMILES string of the molecule is C=C/C=C(/Br)N(NC)/C(C)=C\C. The first-order valence-electron chi connectivity index (χ1n) is 3.76. The van der Waals surface area contributed by atoms with E-state index in [1.807, 2.05) is 38.1 Å². The standard InChI is InChI=1S/C9H15BrN2/c1-5-7-9(10)12(11-4)8(3)6-2/h5-7,11H,1H2,2-4H3/b8-6-,9-7-. The Labute approximate surface area is 82.7 Å². The smallest absolute Gasteiger partial charge is 0.0999 e. The first kappa shape index (κ1) is 11.5. The van der Waals surface area contributed by atoms with Crippen molar-refractivity contribution in [2.24, 2.45) is 0 Å². The van der Waals surface area contributed by atoms with Gasteiger partial charge in [-0.15, -0.1) is 0 Å². The van der Waals surface area contributed by atoms with Gasteiger partial charge in [-0.1, -0.05) is 18.7 Å². The number of hydrogen-bond donors (Lipinski definition) is 1. The van der Waals surface area contributed by atoms with E-state index in [2.05, 4.69) is 27.9 Å². The average Bonchev–Trinajstić information content (AvgIpc) is 2.06. The van der Waals surface area contributed by atoms with E-state index in [9.17, 15) is 0 Å². The van der Waals surface area contributed by atoms with Gasteiger partial charge in [0.05, 0.1) is 4.61 Å². The number of rotatable bonds is 4. The maximum atomic E-state index is 3.62. The molecule has 0 aromatic rings. The highest BCUT2D eigenvalue weighted by Crippen LogP contribution is 2.14. The van der Waals surface area contributed by atoms with Crippen LogP contribution >= 0.6 is 15.9 Å². The van der Waals surface area contributed by atoms with E-state index >= 15 is 0 Å². The molecule has 0 spiro atoms. The lowest BCUT2D eigenvalue weighted by Crippen LogP contribution is -2.30. The van der Waals surface area contributed by atoms with Gasteiger partial charge < -0.3 is 0 Å². The van der Waals surface area contributed by atoms with Crippen LogP contribution in [-0.4, -0.2) is 12.1 Å². The van der Waals surface area contributed by atoms with Crippen LogP contribution in [0.2, 0.25) is 0 Å². The molecule has 0 rings (SSSR count). The number of nitrogens with one attached hydrogen (secondary N) is 1. The molecule has 0 aromatic heterocycles. The minimum Gasteiger partial charge on any atom is -0.275 e. The zero-order valence-corrected chi connectivity index (χ0v) is 9.35. The number of hydrazine groups is 1. The molecule has 0 aliphatic carbocycles. The van der Waals surface area contributed by atoms with Gasteiger partial charge in [0, 0.05) is 12.7 Å². The Morgan fingerprint density at radius 1 is 1.58 bits per heavy atom. The molecule has 0 radical (unpaired) electrons. The molecule has 3 heteroatoms. The van der Waals surface area contributed by atoms with Gasteiger partial charge in [-0.05, 0) is 35.9 Å². The minimum atomic E-state index is 0.940. The van der Waals surface area contributed by atoms with Crippen LogP contribution in [-0.2, 0) is 0 Å². The van der Waals surface area contributed by atoms with Gasteiger partial charge in [-0.25, -0.2) is 5.43 Å². The Kier molecular flexibility index (Phi) is 5.76. The van der Waals surface area contributed by atoms with Crippen LogP contribution in [0.1, 0.15) is 13.8 Å². The molecule has 0 saturated carbocycles. The molecule has 0 fully saturated rings. The van der Waals surface area contributed by atoms with Crippen LogP contribution in [0, 0.1) is 0 Å². The molecule has 0 aromatic carbocycles. The Bertz CT molecular complexity index is 207. The molecule has 0 amide bonds. The van der Waals surface area contributed by atoms with Gasteiger partial charge in [0.25, 0.3) is 0 Å². The van der Waals surface area contributed by atoms with Crippen molar-refractivity contribution in [2.45, 2.75) is 13.8 Å². The number of allylic oxidation sites excluding steroid dienone is 4. The summed E-state index contributed by atoms with van der Waals surface area (Å²) in [6, 6.07) is 0. The van der Waals surface area contributed by atoms with Crippen LogP contribution in [0.4, 0.5) is 0 Å². The number of halogens is 1. The summed E-state index contributed by atoms with van der Waals surface area (Å²) < 4.78 is 0.940. The Balaban J connectivity index is 4.55. The fourth-order valence-corrected chi connectivity index (χ4v) is 1.40. The lowest BCUT2D eigenvalue weighted by molar-refractivity contribution is 0.367. The molecule has 0 heterocycles. The van der Waals surface area contributed by atoms with Crippen molar-refractivity contribution in [2.75, 3.05) is 7.05 Å². The monoisotopic (exact) mass is 230 g/mol. The molecule has 0 aliphatic heterocycles. The van der Waals surface area contributed by atoms with E-state index in [1.54, 1.807) is 6.08 Å². The van der Waals surface area contributed by atoms with E-state index in [0.717, 1.165) is 10.3 Å². The van der Waals surface area contributed by atoms with Crippen LogP contribution in [0.3, 0.4) is 0 Å². The Morgan fingerprint density at radius 2 is 2.17 bits per heavy atom. The maximum Gasteiger partial charge on any atom is 0.0999 e. The normalized spacial score (nSPS) is 13.0. The second-order valence-corrected chi connectivity index (χ2v) is 3.03. The van der Waals surface area contributed by atoms with Crippen molar-refractivity contribution in [3.8, 4) is 0 Å². The molecule has 1 N–H and O–H groups in total. The molecule has 0 bridgehead atoms. The lowest BCUT2D eigenvalue weighted by Gasteiger charge is -2.22. The topological polar surface area (TPSA) is 15.3 Å². The fraction of sp³-hybridized carbons (Fsp3) is 0.333. The molecule has 0 aliphatic rings. The van der Waals surface area contributed by atoms with Crippen LogP contribution < -0.4 is 5.43 Å². The van der Waals surface area contributed by atoms with Gasteiger partial charge in [-0.2, -0.15) is 0 Å². The highest BCUT2D eigenvalue weighted by atomic mass is 79.9. The van der Waals surface area contributed by atoms with E-state index in [0.29, 0.717) is 0 Å². The highest BCUT2D eigenvalue weighted by Gasteiger charge is 2.03. The quantitative estimate of drug-likeness (QED) is 0.454. The second kappa shape index (κ2) is 6.03. The summed E-state index contributed by atoms with van der Waals surface area (Å²) in [5.41, 5.74) is 4.17. The van der Waals surface area contributed by atoms with Crippen molar-refractivity contribution in [3.63, 3.8) is 0 Å². The van der Waals surface area contributed by atoms with Crippen LogP contribution in [0.5, 0.6) is 0 Å². The average molecular weight is 231 g/mol. The predicted molar refractivity (Wildman–Crippen MR) is 57.5 cm³/mol. The Hall–Kier alpha value is -0.540. The molecule has 0 atom stereocenters. The minimum absolute atomic E-state index is 0.940. The third kappa shape index (κ3) is 3.24. The first-order valence-corrected chi connectivity index (χ1v) is 4.55. The van der Waals surface area contributed by atoms with Gasteiger partial charge in [0.1, 0.15) is 0 Å². The summed E-state index contributed by atoms with van der Waals surface area (Å²) in [5.74, 6) is 0. The van der Waals surface area contributed by atoms with Gasteiger partial charge in [-0.3, -0.25) is 5.01 Å². The van der Waals surface area contributed by atoms with Gasteiger partial charge in [0.15, 0.2) is 0 Å². The third-order valence-electron chi connectivity index (χ3n) is 1.46. The van der Waals surface area contributed by atoms with E-state index in [4.69, 9.17) is 0 Å².